The topological polar surface area (TPSA) is 53.4 Å². The van der Waals surface area contributed by atoms with E-state index in [9.17, 15) is 4.79 Å². The zero-order valence-corrected chi connectivity index (χ0v) is 10.3. The Morgan fingerprint density at radius 3 is 2.94 bits per heavy atom. The third kappa shape index (κ3) is 2.41. The molecule has 1 N–H and O–H groups in total. The Labute approximate surface area is 98.9 Å². The van der Waals surface area contributed by atoms with Crippen LogP contribution in [0.4, 0.5) is 0 Å². The molecular formula is C11H16N2O2S. The number of carboxylic acids is 1. The van der Waals surface area contributed by atoms with Crippen LogP contribution in [-0.2, 0) is 11.3 Å². The van der Waals surface area contributed by atoms with Crippen molar-refractivity contribution in [2.24, 2.45) is 11.8 Å². The summed E-state index contributed by atoms with van der Waals surface area (Å²) in [6, 6.07) is 0. The summed E-state index contributed by atoms with van der Waals surface area (Å²) in [5.41, 5.74) is 1.06. The Morgan fingerprint density at radius 2 is 2.44 bits per heavy atom. The standard InChI is InChI=1S/C11H16N2O2S/c1-7-3-13(5-10(7)11(14)15)4-9-6-16-8(2)12-9/h6-7,10H,3-5H2,1-2H3,(H,14,15). The third-order valence-corrected chi connectivity index (χ3v) is 3.88. The largest absolute Gasteiger partial charge is 0.481 e. The van der Waals surface area contributed by atoms with Crippen molar-refractivity contribution in [2.75, 3.05) is 13.1 Å². The van der Waals surface area contributed by atoms with Crippen LogP contribution in [0.5, 0.6) is 0 Å². The number of nitrogens with zero attached hydrogens (tertiary/aromatic N) is 2. The molecule has 2 rings (SSSR count). The van der Waals surface area contributed by atoms with Gasteiger partial charge in [-0.05, 0) is 12.8 Å². The molecule has 1 fully saturated rings. The molecule has 16 heavy (non-hydrogen) atoms. The van der Waals surface area contributed by atoms with Crippen LogP contribution in [0.1, 0.15) is 17.6 Å². The van der Waals surface area contributed by atoms with Crippen LogP contribution < -0.4 is 0 Å². The number of likely N-dealkylation sites (tertiary alicyclic amines) is 1. The second kappa shape index (κ2) is 4.51. The summed E-state index contributed by atoms with van der Waals surface area (Å²) in [6.45, 7) is 6.27. The third-order valence-electron chi connectivity index (χ3n) is 3.06. The molecule has 4 nitrogen and oxygen atoms in total. The van der Waals surface area contributed by atoms with Crippen molar-refractivity contribution in [2.45, 2.75) is 20.4 Å². The van der Waals surface area contributed by atoms with Gasteiger partial charge < -0.3 is 5.11 Å². The maximum absolute atomic E-state index is 11.0. The summed E-state index contributed by atoms with van der Waals surface area (Å²) in [5.74, 6) is -0.665. The molecule has 0 bridgehead atoms. The van der Waals surface area contributed by atoms with E-state index in [1.807, 2.05) is 19.2 Å². The first kappa shape index (κ1) is 11.5. The van der Waals surface area contributed by atoms with Crippen LogP contribution in [0.25, 0.3) is 0 Å². The van der Waals surface area contributed by atoms with Gasteiger partial charge in [0, 0.05) is 25.0 Å². The molecule has 0 saturated carbocycles. The molecular weight excluding hydrogens is 224 g/mol. The molecule has 88 valence electrons. The fourth-order valence-electron chi connectivity index (χ4n) is 2.23. The highest BCUT2D eigenvalue weighted by Gasteiger charge is 2.34. The number of hydrogen-bond acceptors (Lipinski definition) is 4. The van der Waals surface area contributed by atoms with Gasteiger partial charge in [-0.15, -0.1) is 11.3 Å². The Hall–Kier alpha value is -0.940. The number of thiazole rings is 1. The van der Waals surface area contributed by atoms with E-state index < -0.39 is 5.97 Å². The van der Waals surface area contributed by atoms with E-state index in [4.69, 9.17) is 5.11 Å². The van der Waals surface area contributed by atoms with Gasteiger partial charge >= 0.3 is 5.97 Å². The number of rotatable bonds is 3. The first-order valence-corrected chi connectivity index (χ1v) is 6.30. The van der Waals surface area contributed by atoms with Crippen molar-refractivity contribution in [1.82, 2.24) is 9.88 Å². The normalized spacial score (nSPS) is 26.1. The van der Waals surface area contributed by atoms with Gasteiger partial charge in [0.05, 0.1) is 16.6 Å². The van der Waals surface area contributed by atoms with Gasteiger partial charge in [-0.3, -0.25) is 9.69 Å². The van der Waals surface area contributed by atoms with Crippen molar-refractivity contribution in [3.8, 4) is 0 Å². The Kier molecular flexibility index (Phi) is 3.25. The molecule has 2 atom stereocenters. The van der Waals surface area contributed by atoms with Crippen molar-refractivity contribution in [3.05, 3.63) is 16.1 Å². The van der Waals surface area contributed by atoms with Crippen molar-refractivity contribution in [1.29, 1.82) is 0 Å². The lowest BCUT2D eigenvalue weighted by Gasteiger charge is -2.12. The number of aryl methyl sites for hydroxylation is 1. The van der Waals surface area contributed by atoms with Crippen LogP contribution in [0.3, 0.4) is 0 Å². The Morgan fingerprint density at radius 1 is 1.69 bits per heavy atom. The molecule has 1 aliphatic rings. The summed E-state index contributed by atoms with van der Waals surface area (Å²) in [5, 5.41) is 12.1. The molecule has 0 aliphatic carbocycles. The van der Waals surface area contributed by atoms with E-state index in [2.05, 4.69) is 9.88 Å². The number of aliphatic carboxylic acids is 1. The number of aromatic nitrogens is 1. The molecule has 2 heterocycles. The maximum atomic E-state index is 11.0. The number of carbonyl (C=O) groups is 1. The monoisotopic (exact) mass is 240 g/mol. The van der Waals surface area contributed by atoms with Crippen molar-refractivity contribution in [3.63, 3.8) is 0 Å². The fraction of sp³-hybridized carbons (Fsp3) is 0.636. The van der Waals surface area contributed by atoms with Gasteiger partial charge in [-0.2, -0.15) is 0 Å². The average Bonchev–Trinajstić information content (AvgIpc) is 2.73. The van der Waals surface area contributed by atoms with Crippen LogP contribution in [0.2, 0.25) is 0 Å². The van der Waals surface area contributed by atoms with E-state index in [1.165, 1.54) is 0 Å². The Balaban J connectivity index is 1.96. The lowest BCUT2D eigenvalue weighted by molar-refractivity contribution is -0.142. The highest BCUT2D eigenvalue weighted by molar-refractivity contribution is 7.09. The summed E-state index contributed by atoms with van der Waals surface area (Å²) in [7, 11) is 0. The van der Waals surface area contributed by atoms with Gasteiger partial charge in [0.2, 0.25) is 0 Å². The highest BCUT2D eigenvalue weighted by Crippen LogP contribution is 2.24. The second-order valence-corrected chi connectivity index (χ2v) is 5.54. The van der Waals surface area contributed by atoms with Gasteiger partial charge in [-0.25, -0.2) is 4.98 Å². The smallest absolute Gasteiger partial charge is 0.308 e. The number of carboxylic acid groups (broad SMARTS) is 1. The first-order chi connectivity index (χ1) is 7.56. The molecule has 1 aromatic heterocycles. The second-order valence-electron chi connectivity index (χ2n) is 4.47. The summed E-state index contributed by atoms with van der Waals surface area (Å²) in [4.78, 5) is 17.6. The molecule has 0 aromatic carbocycles. The van der Waals surface area contributed by atoms with Crippen LogP contribution >= 0.6 is 11.3 Å². The summed E-state index contributed by atoms with van der Waals surface area (Å²) in [6.07, 6.45) is 0. The van der Waals surface area contributed by atoms with Gasteiger partial charge in [-0.1, -0.05) is 6.92 Å². The minimum atomic E-state index is -0.676. The van der Waals surface area contributed by atoms with E-state index in [-0.39, 0.29) is 11.8 Å². The predicted molar refractivity (Wildman–Crippen MR) is 62.4 cm³/mol. The fourth-order valence-corrected chi connectivity index (χ4v) is 2.83. The van der Waals surface area contributed by atoms with Crippen LogP contribution in [-0.4, -0.2) is 34.0 Å². The SMILES string of the molecule is Cc1nc(CN2CC(C)C(C(=O)O)C2)cs1. The van der Waals surface area contributed by atoms with E-state index in [0.29, 0.717) is 6.54 Å². The van der Waals surface area contributed by atoms with E-state index in [1.54, 1.807) is 11.3 Å². The minimum absolute atomic E-state index is 0.222. The van der Waals surface area contributed by atoms with Crippen LogP contribution in [0, 0.1) is 18.8 Å². The maximum Gasteiger partial charge on any atom is 0.308 e. The molecule has 0 spiro atoms. The van der Waals surface area contributed by atoms with Crippen molar-refractivity contribution < 1.29 is 9.90 Å². The zero-order chi connectivity index (χ0) is 11.7. The summed E-state index contributed by atoms with van der Waals surface area (Å²) >= 11 is 1.64. The predicted octanol–water partition coefficient (Wildman–Crippen LogP) is 1.60. The zero-order valence-electron chi connectivity index (χ0n) is 9.51. The summed E-state index contributed by atoms with van der Waals surface area (Å²) < 4.78 is 0. The van der Waals surface area contributed by atoms with Crippen molar-refractivity contribution >= 4 is 17.3 Å². The quantitative estimate of drug-likeness (QED) is 0.872. The minimum Gasteiger partial charge on any atom is -0.481 e. The average molecular weight is 240 g/mol. The van der Waals surface area contributed by atoms with Gasteiger partial charge in [0.25, 0.3) is 0 Å². The lowest BCUT2D eigenvalue weighted by Crippen LogP contribution is -2.23. The molecule has 1 saturated heterocycles. The van der Waals surface area contributed by atoms with Gasteiger partial charge in [0.1, 0.15) is 0 Å². The Bertz CT molecular complexity index is 391. The number of hydrogen-bond donors (Lipinski definition) is 1. The van der Waals surface area contributed by atoms with Crippen LogP contribution in [0.15, 0.2) is 5.38 Å². The van der Waals surface area contributed by atoms with E-state index >= 15 is 0 Å². The molecule has 0 amide bonds. The molecule has 0 radical (unpaired) electrons. The van der Waals surface area contributed by atoms with E-state index in [0.717, 1.165) is 23.8 Å². The van der Waals surface area contributed by atoms with Gasteiger partial charge in [0.15, 0.2) is 0 Å². The molecule has 1 aliphatic heterocycles. The lowest BCUT2D eigenvalue weighted by atomic mass is 9.99. The molecule has 5 heteroatoms. The molecule has 2 unspecified atom stereocenters. The first-order valence-electron chi connectivity index (χ1n) is 5.42. The highest BCUT2D eigenvalue weighted by atomic mass is 32.1. The molecule has 1 aromatic rings.